The fourth-order valence-corrected chi connectivity index (χ4v) is 5.14. The topological polar surface area (TPSA) is 60.2 Å². The Bertz CT molecular complexity index is 345. The van der Waals surface area contributed by atoms with Crippen LogP contribution in [0.4, 0.5) is 0 Å². The Morgan fingerprint density at radius 2 is 1.56 bits per heavy atom. The number of sulfone groups is 1. The monoisotopic (exact) mass is 245 g/mol. The Labute approximate surface area is 98.7 Å². The molecule has 2 saturated carbocycles. The minimum absolute atomic E-state index is 0.299. The molecule has 0 aromatic carbocycles. The van der Waals surface area contributed by atoms with Crippen molar-refractivity contribution < 1.29 is 8.42 Å². The fraction of sp³-hybridized carbons (Fsp3) is 1.00. The highest BCUT2D eigenvalue weighted by atomic mass is 32.2. The molecule has 16 heavy (non-hydrogen) atoms. The van der Waals surface area contributed by atoms with Crippen LogP contribution in [0.25, 0.3) is 0 Å². The van der Waals surface area contributed by atoms with E-state index in [-0.39, 0.29) is 0 Å². The molecule has 0 bridgehead atoms. The van der Waals surface area contributed by atoms with Crippen molar-refractivity contribution in [2.45, 2.75) is 56.1 Å². The molecule has 0 aliphatic heterocycles. The molecular formula is C12H23NO2S. The van der Waals surface area contributed by atoms with E-state index in [0.717, 1.165) is 12.8 Å². The van der Waals surface area contributed by atoms with Crippen LogP contribution in [0.3, 0.4) is 0 Å². The normalized spacial score (nSPS) is 28.4. The fourth-order valence-electron chi connectivity index (χ4n) is 3.71. The summed E-state index contributed by atoms with van der Waals surface area (Å²) >= 11 is 0. The van der Waals surface area contributed by atoms with Crippen molar-refractivity contribution in [1.82, 2.24) is 0 Å². The number of nitrogens with two attached hydrogens (primary N) is 1. The second-order valence-electron chi connectivity index (χ2n) is 5.93. The summed E-state index contributed by atoms with van der Waals surface area (Å²) in [6.45, 7) is 0.299. The van der Waals surface area contributed by atoms with E-state index in [1.165, 1.54) is 44.8 Å². The van der Waals surface area contributed by atoms with Gasteiger partial charge in [0.2, 0.25) is 0 Å². The van der Waals surface area contributed by atoms with E-state index in [9.17, 15) is 8.42 Å². The quantitative estimate of drug-likeness (QED) is 0.808. The lowest BCUT2D eigenvalue weighted by molar-refractivity contribution is 0.0604. The molecule has 2 fully saturated rings. The van der Waals surface area contributed by atoms with E-state index in [1.807, 2.05) is 0 Å². The van der Waals surface area contributed by atoms with Gasteiger partial charge in [-0.15, -0.1) is 0 Å². The minimum Gasteiger partial charge on any atom is -0.329 e. The summed E-state index contributed by atoms with van der Waals surface area (Å²) in [6.07, 6.45) is 10.6. The van der Waals surface area contributed by atoms with E-state index >= 15 is 0 Å². The molecule has 0 radical (unpaired) electrons. The second kappa shape index (κ2) is 3.98. The van der Waals surface area contributed by atoms with Crippen molar-refractivity contribution in [3.8, 4) is 0 Å². The SMILES string of the molecule is CS(=O)(=O)C1(CN)CC2(CCCCCC2)C1. The molecule has 1 spiro atoms. The third-order valence-corrected chi connectivity index (χ3v) is 6.75. The van der Waals surface area contributed by atoms with Gasteiger partial charge in [0.1, 0.15) is 0 Å². The van der Waals surface area contributed by atoms with Gasteiger partial charge in [-0.3, -0.25) is 0 Å². The average molecular weight is 245 g/mol. The highest BCUT2D eigenvalue weighted by Gasteiger charge is 2.58. The molecule has 0 aromatic rings. The predicted octanol–water partition coefficient (Wildman–Crippen LogP) is 1.86. The van der Waals surface area contributed by atoms with Crippen LogP contribution in [0.2, 0.25) is 0 Å². The Hall–Kier alpha value is -0.0900. The Kier molecular flexibility index (Phi) is 3.08. The first kappa shape index (κ1) is 12.4. The summed E-state index contributed by atoms with van der Waals surface area (Å²) in [5, 5.41) is 0. The van der Waals surface area contributed by atoms with E-state index in [2.05, 4.69) is 0 Å². The van der Waals surface area contributed by atoms with Crippen molar-refractivity contribution in [3.05, 3.63) is 0 Å². The van der Waals surface area contributed by atoms with Crippen molar-refractivity contribution in [1.29, 1.82) is 0 Å². The predicted molar refractivity (Wildman–Crippen MR) is 66.0 cm³/mol. The summed E-state index contributed by atoms with van der Waals surface area (Å²) < 4.78 is 23.0. The minimum atomic E-state index is -2.99. The van der Waals surface area contributed by atoms with Crippen LogP contribution in [-0.2, 0) is 9.84 Å². The van der Waals surface area contributed by atoms with E-state index < -0.39 is 14.6 Å². The zero-order chi connectivity index (χ0) is 11.9. The first-order valence-electron chi connectivity index (χ1n) is 6.33. The molecule has 2 N–H and O–H groups in total. The summed E-state index contributed by atoms with van der Waals surface area (Å²) in [5.41, 5.74) is 6.02. The van der Waals surface area contributed by atoms with Gasteiger partial charge in [0.05, 0.1) is 4.75 Å². The average Bonchev–Trinajstić information content (AvgIpc) is 2.37. The lowest BCUT2D eigenvalue weighted by Crippen LogP contribution is -2.60. The van der Waals surface area contributed by atoms with Crippen LogP contribution < -0.4 is 5.73 Å². The maximum absolute atomic E-state index is 11.8. The van der Waals surface area contributed by atoms with Gasteiger partial charge >= 0.3 is 0 Å². The largest absolute Gasteiger partial charge is 0.329 e. The highest BCUT2D eigenvalue weighted by molar-refractivity contribution is 7.92. The van der Waals surface area contributed by atoms with Crippen LogP contribution in [0.15, 0.2) is 0 Å². The highest BCUT2D eigenvalue weighted by Crippen LogP contribution is 2.58. The molecular weight excluding hydrogens is 222 g/mol. The number of hydrogen-bond donors (Lipinski definition) is 1. The smallest absolute Gasteiger partial charge is 0.154 e. The Balaban J connectivity index is 2.11. The molecule has 2 aliphatic rings. The van der Waals surface area contributed by atoms with Crippen LogP contribution in [0.5, 0.6) is 0 Å². The lowest BCUT2D eigenvalue weighted by atomic mass is 9.58. The number of rotatable bonds is 2. The summed E-state index contributed by atoms with van der Waals surface area (Å²) in [6, 6.07) is 0. The molecule has 0 atom stereocenters. The van der Waals surface area contributed by atoms with Gasteiger partial charge in [-0.2, -0.15) is 0 Å². The van der Waals surface area contributed by atoms with Crippen LogP contribution in [-0.4, -0.2) is 26.0 Å². The molecule has 0 aromatic heterocycles. The zero-order valence-corrected chi connectivity index (χ0v) is 11.0. The van der Waals surface area contributed by atoms with Gasteiger partial charge in [0.25, 0.3) is 0 Å². The van der Waals surface area contributed by atoms with Gasteiger partial charge in [0.15, 0.2) is 9.84 Å². The van der Waals surface area contributed by atoms with Crippen LogP contribution in [0.1, 0.15) is 51.4 Å². The molecule has 0 amide bonds. The van der Waals surface area contributed by atoms with Crippen LogP contribution in [0, 0.1) is 5.41 Å². The molecule has 2 aliphatic carbocycles. The van der Waals surface area contributed by atoms with Crippen molar-refractivity contribution in [3.63, 3.8) is 0 Å². The first-order valence-corrected chi connectivity index (χ1v) is 8.22. The van der Waals surface area contributed by atoms with Gasteiger partial charge < -0.3 is 5.73 Å². The zero-order valence-electron chi connectivity index (χ0n) is 10.2. The molecule has 3 nitrogen and oxygen atoms in total. The lowest BCUT2D eigenvalue weighted by Gasteiger charge is -2.55. The van der Waals surface area contributed by atoms with Crippen molar-refractivity contribution in [2.75, 3.05) is 12.8 Å². The van der Waals surface area contributed by atoms with Gasteiger partial charge in [0, 0.05) is 12.8 Å². The Morgan fingerprint density at radius 3 is 1.94 bits per heavy atom. The van der Waals surface area contributed by atoms with Crippen molar-refractivity contribution >= 4 is 9.84 Å². The molecule has 0 unspecified atom stereocenters. The third-order valence-electron chi connectivity index (χ3n) is 4.72. The third kappa shape index (κ3) is 1.90. The van der Waals surface area contributed by atoms with Gasteiger partial charge in [-0.25, -0.2) is 8.42 Å². The molecule has 0 heterocycles. The van der Waals surface area contributed by atoms with Gasteiger partial charge in [-0.1, -0.05) is 25.7 Å². The number of hydrogen-bond acceptors (Lipinski definition) is 3. The molecule has 2 rings (SSSR count). The van der Waals surface area contributed by atoms with E-state index in [0.29, 0.717) is 12.0 Å². The molecule has 4 heteroatoms. The van der Waals surface area contributed by atoms with Crippen LogP contribution >= 0.6 is 0 Å². The van der Waals surface area contributed by atoms with E-state index in [1.54, 1.807) is 0 Å². The maximum atomic E-state index is 11.8. The first-order chi connectivity index (χ1) is 7.43. The Morgan fingerprint density at radius 1 is 1.06 bits per heavy atom. The summed E-state index contributed by atoms with van der Waals surface area (Å²) in [7, 11) is -2.99. The standard InChI is InChI=1S/C12H23NO2S/c1-16(14,15)12(10-13)8-11(9-12)6-4-2-3-5-7-11/h2-10,13H2,1H3. The maximum Gasteiger partial charge on any atom is 0.154 e. The van der Waals surface area contributed by atoms with Crippen molar-refractivity contribution in [2.24, 2.45) is 11.1 Å². The van der Waals surface area contributed by atoms with E-state index in [4.69, 9.17) is 5.73 Å². The summed E-state index contributed by atoms with van der Waals surface area (Å²) in [5.74, 6) is 0. The summed E-state index contributed by atoms with van der Waals surface area (Å²) in [4.78, 5) is 0. The molecule has 0 saturated heterocycles. The molecule has 94 valence electrons. The van der Waals surface area contributed by atoms with Gasteiger partial charge in [-0.05, 0) is 31.1 Å². The second-order valence-corrected chi connectivity index (χ2v) is 8.34.